The molecule has 0 N–H and O–H groups in total. The largest absolute Gasteiger partial charge is 0.473 e. The Kier molecular flexibility index (Phi) is 1.83. The van der Waals surface area contributed by atoms with Gasteiger partial charge in [0, 0.05) is 6.20 Å². The predicted molar refractivity (Wildman–Crippen MR) is 40.6 cm³/mol. The van der Waals surface area contributed by atoms with E-state index in [1.807, 2.05) is 12.5 Å². The fraction of sp³-hybridized carbons (Fsp3) is 0.333. The van der Waals surface area contributed by atoms with Crippen molar-refractivity contribution in [1.29, 1.82) is 0 Å². The zero-order valence-corrected chi connectivity index (χ0v) is 5.75. The number of aromatic nitrogens is 2. The van der Waals surface area contributed by atoms with Crippen LogP contribution in [-0.4, -0.2) is 16.3 Å². The highest BCUT2D eigenvalue weighted by Gasteiger charge is 2.00. The van der Waals surface area contributed by atoms with Gasteiger partial charge in [0.25, 0.3) is 6.85 Å². The fourth-order valence-electron chi connectivity index (χ4n) is 0.809. The van der Waals surface area contributed by atoms with E-state index in [1.54, 1.807) is 6.20 Å². The molecule has 0 radical (unpaired) electrons. The number of imidazole rings is 1. The van der Waals surface area contributed by atoms with Gasteiger partial charge in [0.2, 0.25) is 0 Å². The van der Waals surface area contributed by atoms with Crippen molar-refractivity contribution in [2.75, 3.05) is 0 Å². The quantitative estimate of drug-likeness (QED) is 0.420. The van der Waals surface area contributed by atoms with Gasteiger partial charge in [-0.3, -0.25) is 0 Å². The normalized spacial score (nSPS) is 13.4. The summed E-state index contributed by atoms with van der Waals surface area (Å²) in [4.78, 5) is 3.94. The maximum atomic E-state index is 4.01. The van der Waals surface area contributed by atoms with Gasteiger partial charge in [-0.2, -0.15) is 0 Å². The Labute approximate surface area is 56.0 Å². The molecule has 0 aliphatic heterocycles. The van der Waals surface area contributed by atoms with Crippen molar-refractivity contribution in [3.8, 4) is 0 Å². The van der Waals surface area contributed by atoms with E-state index in [1.165, 1.54) is 0 Å². The van der Waals surface area contributed by atoms with E-state index in [9.17, 15) is 0 Å². The number of rotatable bonds is 2. The third-order valence-electron chi connectivity index (χ3n) is 1.65. The first kappa shape index (κ1) is 6.27. The first-order valence-corrected chi connectivity index (χ1v) is 3.39. The van der Waals surface area contributed by atoms with E-state index < -0.39 is 6.85 Å². The first-order chi connectivity index (χ1) is 4.34. The lowest BCUT2D eigenvalue weighted by Gasteiger charge is -2.07. The highest BCUT2D eigenvalue weighted by Crippen LogP contribution is 1.93. The van der Waals surface area contributed by atoms with Gasteiger partial charge in [-0.25, -0.2) is 4.98 Å². The molecule has 0 spiro atoms. The molecule has 0 bridgehead atoms. The lowest BCUT2D eigenvalue weighted by atomic mass is 9.62. The zero-order chi connectivity index (χ0) is 6.69. The Morgan fingerprint density at radius 1 is 1.78 bits per heavy atom. The summed E-state index contributed by atoms with van der Waals surface area (Å²) >= 11 is 0. The molecular weight excluding hydrogens is 111 g/mol. The molecule has 1 aromatic heterocycles. The molecule has 0 aliphatic carbocycles. The lowest BCUT2D eigenvalue weighted by Crippen LogP contribution is -2.17. The van der Waals surface area contributed by atoms with E-state index in [-0.39, 0.29) is 0 Å². The number of hydrogen-bond donors (Lipinski definition) is 0. The molecule has 48 valence electrons. The molecule has 1 heterocycles. The number of hydrogen-bond acceptors (Lipinski definition) is 1. The van der Waals surface area contributed by atoms with Crippen molar-refractivity contribution in [2.24, 2.45) is 0 Å². The van der Waals surface area contributed by atoms with E-state index in [2.05, 4.69) is 23.2 Å². The highest BCUT2D eigenvalue weighted by molar-refractivity contribution is 6.58. The van der Waals surface area contributed by atoms with Gasteiger partial charge in [0.1, 0.15) is 0 Å². The molecule has 0 amide bonds. The first-order valence-electron chi connectivity index (χ1n) is 3.39. The van der Waals surface area contributed by atoms with Gasteiger partial charge in [0.05, 0.1) is 6.33 Å². The van der Waals surface area contributed by atoms with Gasteiger partial charge in [-0.1, -0.05) is 6.92 Å². The molecule has 0 fully saturated rings. The molecule has 3 heteroatoms. The summed E-state index contributed by atoms with van der Waals surface area (Å²) < 4.78 is 2.08. The Bertz CT molecular complexity index is 160. The van der Waals surface area contributed by atoms with E-state index >= 15 is 0 Å². The maximum Gasteiger partial charge on any atom is 0.275 e. The van der Waals surface area contributed by atoms with Gasteiger partial charge in [-0.15, -0.1) is 13.1 Å². The summed E-state index contributed by atoms with van der Waals surface area (Å²) in [5.41, 5.74) is 0. The van der Waals surface area contributed by atoms with Gasteiger partial charge >= 0.3 is 0 Å². The van der Waals surface area contributed by atoms with Crippen LogP contribution in [0.5, 0.6) is 0 Å². The molecule has 1 unspecified atom stereocenters. The summed E-state index contributed by atoms with van der Waals surface area (Å²) in [5.74, 6) is 0. The molecule has 0 aliphatic rings. The summed E-state index contributed by atoms with van der Waals surface area (Å²) in [5, 5.41) is 0. The molecule has 9 heavy (non-hydrogen) atoms. The SMILES string of the molecule is [CH2+][BH-](CC)n1ccnc1. The van der Waals surface area contributed by atoms with Crippen LogP contribution in [0.1, 0.15) is 6.92 Å². The minimum atomic E-state index is -0.396. The van der Waals surface area contributed by atoms with E-state index in [0.29, 0.717) is 0 Å². The smallest absolute Gasteiger partial charge is 0.275 e. The Morgan fingerprint density at radius 2 is 2.56 bits per heavy atom. The lowest BCUT2D eigenvalue weighted by molar-refractivity contribution is 1.14. The molecule has 0 aromatic carbocycles. The fourth-order valence-corrected chi connectivity index (χ4v) is 0.809. The highest BCUT2D eigenvalue weighted by atomic mass is 15.0. The minimum Gasteiger partial charge on any atom is -0.473 e. The second kappa shape index (κ2) is 2.62. The van der Waals surface area contributed by atoms with Crippen LogP contribution in [0.2, 0.25) is 6.32 Å². The zero-order valence-electron chi connectivity index (χ0n) is 5.75. The Hall–Kier alpha value is -0.855. The van der Waals surface area contributed by atoms with Crippen LogP contribution in [0.25, 0.3) is 0 Å². The van der Waals surface area contributed by atoms with Crippen LogP contribution in [0, 0.1) is 6.82 Å². The molecule has 1 aromatic rings. The molecule has 1 rings (SSSR count). The van der Waals surface area contributed by atoms with E-state index in [4.69, 9.17) is 0 Å². The van der Waals surface area contributed by atoms with Crippen molar-refractivity contribution in [3.05, 3.63) is 25.5 Å². The summed E-state index contributed by atoms with van der Waals surface area (Å²) in [6, 6.07) is 0. The van der Waals surface area contributed by atoms with Crippen LogP contribution in [0.15, 0.2) is 18.7 Å². The van der Waals surface area contributed by atoms with Gasteiger partial charge in [-0.05, 0) is 6.20 Å². The van der Waals surface area contributed by atoms with Crippen LogP contribution >= 0.6 is 0 Å². The molecular formula is C6H11BN2. The van der Waals surface area contributed by atoms with Crippen LogP contribution in [-0.2, 0) is 0 Å². The standard InChI is InChI=1S/C6H11BN2/c1-3-7(2)9-5-4-8-6-9/h4-7H,2-3H2,1H3. The van der Waals surface area contributed by atoms with Gasteiger partial charge in [0.15, 0.2) is 0 Å². The molecule has 0 saturated heterocycles. The minimum absolute atomic E-state index is 0.396. The topological polar surface area (TPSA) is 17.8 Å². The molecule has 0 saturated carbocycles. The van der Waals surface area contributed by atoms with Crippen molar-refractivity contribution < 1.29 is 0 Å². The van der Waals surface area contributed by atoms with Crippen LogP contribution < -0.4 is 0 Å². The number of nitrogens with zero attached hydrogens (tertiary/aromatic N) is 2. The van der Waals surface area contributed by atoms with Crippen LogP contribution in [0.3, 0.4) is 0 Å². The van der Waals surface area contributed by atoms with Crippen molar-refractivity contribution in [3.63, 3.8) is 0 Å². The summed E-state index contributed by atoms with van der Waals surface area (Å²) in [7, 11) is 0. The average molecular weight is 122 g/mol. The van der Waals surface area contributed by atoms with E-state index in [0.717, 1.165) is 6.32 Å². The second-order valence-electron chi connectivity index (χ2n) is 2.38. The van der Waals surface area contributed by atoms with Crippen LogP contribution in [0.4, 0.5) is 0 Å². The molecule has 1 atom stereocenters. The third-order valence-corrected chi connectivity index (χ3v) is 1.65. The molecule has 2 nitrogen and oxygen atoms in total. The third kappa shape index (κ3) is 1.28. The monoisotopic (exact) mass is 122 g/mol. The summed E-state index contributed by atoms with van der Waals surface area (Å²) in [6.45, 7) is 5.76. The second-order valence-corrected chi connectivity index (χ2v) is 2.38. The Balaban J connectivity index is 2.65. The van der Waals surface area contributed by atoms with Crippen molar-refractivity contribution >= 4 is 6.85 Å². The average Bonchev–Trinajstić information content (AvgIpc) is 2.37. The van der Waals surface area contributed by atoms with Gasteiger partial charge < -0.3 is 4.48 Å². The predicted octanol–water partition coefficient (Wildman–Crippen LogP) is 0.848. The Morgan fingerprint density at radius 3 is 3.00 bits per heavy atom. The maximum absolute atomic E-state index is 4.01. The van der Waals surface area contributed by atoms with Crippen molar-refractivity contribution in [1.82, 2.24) is 9.46 Å². The summed E-state index contributed by atoms with van der Waals surface area (Å²) in [6.07, 6.45) is 6.73. The van der Waals surface area contributed by atoms with Crippen molar-refractivity contribution in [2.45, 2.75) is 13.2 Å².